The Bertz CT molecular complexity index is 435. The molecule has 2 nitrogen and oxygen atoms in total. The minimum Gasteiger partial charge on any atom is -0.349 e. The summed E-state index contributed by atoms with van der Waals surface area (Å²) in [5.74, 6) is 0. The largest absolute Gasteiger partial charge is 0.349 e. The number of allylic oxidation sites excluding steroid dienone is 2. The van der Waals surface area contributed by atoms with Crippen LogP contribution >= 0.6 is 0 Å². The lowest BCUT2D eigenvalue weighted by Crippen LogP contribution is -2.27. The third-order valence-electron chi connectivity index (χ3n) is 3.24. The lowest BCUT2D eigenvalue weighted by atomic mass is 10.1. The van der Waals surface area contributed by atoms with E-state index in [1.807, 2.05) is 18.2 Å². The monoisotopic (exact) mass is 226 g/mol. The molecule has 1 aromatic rings. The zero-order valence-corrected chi connectivity index (χ0v) is 10.4. The molecule has 0 saturated carbocycles. The van der Waals surface area contributed by atoms with Gasteiger partial charge in [-0.1, -0.05) is 43.5 Å². The van der Waals surface area contributed by atoms with E-state index in [1.165, 1.54) is 5.56 Å². The zero-order valence-electron chi connectivity index (χ0n) is 10.4. The summed E-state index contributed by atoms with van der Waals surface area (Å²) in [7, 11) is 4.17. The number of hydrogen-bond donors (Lipinski definition) is 0. The quantitative estimate of drug-likeness (QED) is 0.781. The molecular weight excluding hydrogens is 208 g/mol. The van der Waals surface area contributed by atoms with Crippen LogP contribution in [0.1, 0.15) is 11.7 Å². The summed E-state index contributed by atoms with van der Waals surface area (Å²) in [6.07, 6.45) is 3.99. The van der Waals surface area contributed by atoms with Crippen LogP contribution in [0, 0.1) is 0 Å². The molecule has 0 radical (unpaired) electrons. The van der Waals surface area contributed by atoms with Gasteiger partial charge in [0.05, 0.1) is 11.4 Å². The minimum absolute atomic E-state index is 0.220. The Morgan fingerprint density at radius 3 is 1.82 bits per heavy atom. The molecule has 0 amide bonds. The first-order valence-electron chi connectivity index (χ1n) is 5.70. The summed E-state index contributed by atoms with van der Waals surface area (Å²) >= 11 is 0. The van der Waals surface area contributed by atoms with Gasteiger partial charge in [0.1, 0.15) is 6.17 Å². The Kier molecular flexibility index (Phi) is 3.05. The predicted octanol–water partition coefficient (Wildman–Crippen LogP) is 3.15. The Balaban J connectivity index is 2.42. The predicted molar refractivity (Wildman–Crippen MR) is 72.1 cm³/mol. The van der Waals surface area contributed by atoms with Gasteiger partial charge < -0.3 is 9.80 Å². The van der Waals surface area contributed by atoms with Crippen molar-refractivity contribution in [2.75, 3.05) is 14.1 Å². The van der Waals surface area contributed by atoms with Gasteiger partial charge in [-0.3, -0.25) is 0 Å². The van der Waals surface area contributed by atoms with Crippen molar-refractivity contribution in [3.63, 3.8) is 0 Å². The van der Waals surface area contributed by atoms with E-state index in [2.05, 4.69) is 61.3 Å². The number of rotatable bonds is 3. The van der Waals surface area contributed by atoms with Gasteiger partial charge in [-0.15, -0.1) is 0 Å². The number of likely N-dealkylation sites (N-methyl/N-ethyl adjacent to an activating group) is 2. The van der Waals surface area contributed by atoms with E-state index >= 15 is 0 Å². The fourth-order valence-electron chi connectivity index (χ4n) is 2.45. The van der Waals surface area contributed by atoms with Crippen LogP contribution < -0.4 is 0 Å². The Morgan fingerprint density at radius 2 is 1.41 bits per heavy atom. The molecule has 1 heterocycles. The van der Waals surface area contributed by atoms with Crippen molar-refractivity contribution in [2.45, 2.75) is 6.17 Å². The molecule has 0 aromatic heterocycles. The third-order valence-corrected chi connectivity index (χ3v) is 3.24. The van der Waals surface area contributed by atoms with E-state index in [4.69, 9.17) is 0 Å². The van der Waals surface area contributed by atoms with Crippen molar-refractivity contribution in [2.24, 2.45) is 0 Å². The van der Waals surface area contributed by atoms with Gasteiger partial charge in [0.2, 0.25) is 0 Å². The first-order chi connectivity index (χ1) is 8.20. The highest BCUT2D eigenvalue weighted by Gasteiger charge is 2.31. The van der Waals surface area contributed by atoms with Gasteiger partial charge in [0, 0.05) is 14.1 Å². The topological polar surface area (TPSA) is 6.48 Å². The van der Waals surface area contributed by atoms with Crippen molar-refractivity contribution >= 4 is 0 Å². The molecule has 2 rings (SSSR count). The molecule has 0 fully saturated rings. The van der Waals surface area contributed by atoms with Crippen molar-refractivity contribution < 1.29 is 0 Å². The number of nitrogens with zero attached hydrogens (tertiary/aromatic N) is 2. The van der Waals surface area contributed by atoms with E-state index in [1.54, 1.807) is 0 Å². The SMILES string of the molecule is C=CC1=C(C=C)N(C)C(c2ccccc2)N1C. The van der Waals surface area contributed by atoms with Crippen LogP contribution in [0.3, 0.4) is 0 Å². The van der Waals surface area contributed by atoms with Gasteiger partial charge >= 0.3 is 0 Å². The molecule has 0 aliphatic carbocycles. The normalized spacial score (nSPS) is 16.6. The summed E-state index contributed by atoms with van der Waals surface area (Å²) in [6.45, 7) is 7.76. The van der Waals surface area contributed by atoms with Crippen molar-refractivity contribution in [3.05, 3.63) is 72.6 Å². The molecule has 0 bridgehead atoms. The highest BCUT2D eigenvalue weighted by molar-refractivity contribution is 5.37. The lowest BCUT2D eigenvalue weighted by molar-refractivity contribution is 0.197. The summed E-state index contributed by atoms with van der Waals surface area (Å²) in [5.41, 5.74) is 3.52. The van der Waals surface area contributed by atoms with E-state index in [-0.39, 0.29) is 6.17 Å². The van der Waals surface area contributed by atoms with Gasteiger partial charge in [0.25, 0.3) is 0 Å². The molecule has 17 heavy (non-hydrogen) atoms. The lowest BCUT2D eigenvalue weighted by Gasteiger charge is -2.29. The molecule has 0 spiro atoms. The average Bonchev–Trinajstić information content (AvgIpc) is 2.60. The summed E-state index contributed by atoms with van der Waals surface area (Å²) in [6, 6.07) is 10.5. The Morgan fingerprint density at radius 1 is 0.941 bits per heavy atom. The van der Waals surface area contributed by atoms with Crippen LogP contribution in [0.2, 0.25) is 0 Å². The maximum Gasteiger partial charge on any atom is 0.128 e. The molecule has 2 heteroatoms. The highest BCUT2D eigenvalue weighted by atomic mass is 15.4. The number of hydrogen-bond acceptors (Lipinski definition) is 2. The second-order valence-electron chi connectivity index (χ2n) is 4.18. The van der Waals surface area contributed by atoms with E-state index in [0.717, 1.165) is 11.4 Å². The molecule has 1 aromatic carbocycles. The molecule has 0 unspecified atom stereocenters. The molecular formula is C15H18N2. The fraction of sp³-hybridized carbons (Fsp3) is 0.200. The summed E-state index contributed by atoms with van der Waals surface area (Å²) < 4.78 is 0. The van der Waals surface area contributed by atoms with Crippen LogP contribution in [0.25, 0.3) is 0 Å². The highest BCUT2D eigenvalue weighted by Crippen LogP contribution is 2.37. The van der Waals surface area contributed by atoms with Crippen molar-refractivity contribution in [1.29, 1.82) is 0 Å². The first kappa shape index (κ1) is 11.5. The Hall–Kier alpha value is -1.96. The molecule has 1 aliphatic heterocycles. The van der Waals surface area contributed by atoms with E-state index < -0.39 is 0 Å². The minimum atomic E-state index is 0.220. The molecule has 0 atom stereocenters. The maximum atomic E-state index is 3.88. The van der Waals surface area contributed by atoms with Crippen LogP contribution in [0.5, 0.6) is 0 Å². The van der Waals surface area contributed by atoms with Gasteiger partial charge in [-0.2, -0.15) is 0 Å². The zero-order chi connectivity index (χ0) is 12.4. The third kappa shape index (κ3) is 1.76. The Labute approximate surface area is 103 Å². The molecule has 1 aliphatic rings. The van der Waals surface area contributed by atoms with Crippen LogP contribution in [-0.2, 0) is 0 Å². The second kappa shape index (κ2) is 4.50. The van der Waals surface area contributed by atoms with Crippen molar-refractivity contribution in [3.8, 4) is 0 Å². The van der Waals surface area contributed by atoms with Crippen molar-refractivity contribution in [1.82, 2.24) is 9.80 Å². The van der Waals surface area contributed by atoms with Crippen LogP contribution in [-0.4, -0.2) is 23.9 Å². The average molecular weight is 226 g/mol. The summed E-state index contributed by atoms with van der Waals surface area (Å²) in [4.78, 5) is 4.44. The standard InChI is InChI=1S/C15H18N2/c1-5-13-14(6-2)17(4)15(16(13)3)12-10-8-7-9-11-12/h5-11,15H,1-2H2,3-4H3. The van der Waals surface area contributed by atoms with Gasteiger partial charge in [-0.05, 0) is 17.7 Å². The smallest absolute Gasteiger partial charge is 0.128 e. The summed E-state index contributed by atoms with van der Waals surface area (Å²) in [5, 5.41) is 0. The second-order valence-corrected chi connectivity index (χ2v) is 4.18. The maximum absolute atomic E-state index is 3.88. The van der Waals surface area contributed by atoms with Gasteiger partial charge in [-0.25, -0.2) is 0 Å². The van der Waals surface area contributed by atoms with Crippen LogP contribution in [0.4, 0.5) is 0 Å². The molecule has 88 valence electrons. The van der Waals surface area contributed by atoms with Gasteiger partial charge in [0.15, 0.2) is 0 Å². The number of benzene rings is 1. The molecule has 0 N–H and O–H groups in total. The molecule has 0 saturated heterocycles. The van der Waals surface area contributed by atoms with E-state index in [9.17, 15) is 0 Å². The fourth-order valence-corrected chi connectivity index (χ4v) is 2.45. The van der Waals surface area contributed by atoms with Crippen LogP contribution in [0.15, 0.2) is 67.0 Å². The van der Waals surface area contributed by atoms with E-state index in [0.29, 0.717) is 0 Å². The first-order valence-corrected chi connectivity index (χ1v) is 5.70.